The van der Waals surface area contributed by atoms with Crippen molar-refractivity contribution in [1.82, 2.24) is 4.98 Å². The highest BCUT2D eigenvalue weighted by Gasteiger charge is 2.34. The van der Waals surface area contributed by atoms with Crippen LogP contribution in [0.4, 0.5) is 26.3 Å². The van der Waals surface area contributed by atoms with Gasteiger partial charge in [-0.05, 0) is 40.8 Å². The van der Waals surface area contributed by atoms with Crippen LogP contribution in [0.5, 0.6) is 5.75 Å². The van der Waals surface area contributed by atoms with Gasteiger partial charge in [0.05, 0.1) is 11.3 Å². The van der Waals surface area contributed by atoms with Gasteiger partial charge in [0.2, 0.25) is 0 Å². The Morgan fingerprint density at radius 1 is 1.00 bits per heavy atom. The number of para-hydroxylation sites is 1. The van der Waals surface area contributed by atoms with Crippen molar-refractivity contribution < 1.29 is 31.1 Å². The second kappa shape index (κ2) is 5.94. The van der Waals surface area contributed by atoms with Crippen molar-refractivity contribution in [3.8, 4) is 17.0 Å². The van der Waals surface area contributed by atoms with E-state index in [-0.39, 0.29) is 14.8 Å². The summed E-state index contributed by atoms with van der Waals surface area (Å²) in [6.07, 6.45) is -8.91. The summed E-state index contributed by atoms with van der Waals surface area (Å²) in [7, 11) is 0. The van der Waals surface area contributed by atoms with Gasteiger partial charge in [-0.1, -0.05) is 12.1 Å². The van der Waals surface area contributed by atoms with E-state index in [0.717, 1.165) is 12.1 Å². The third-order valence-corrected chi connectivity index (χ3v) is 3.36. The smallest absolute Gasteiger partial charge is 0.405 e. The van der Waals surface area contributed by atoms with Gasteiger partial charge in [0.25, 0.3) is 0 Å². The zero-order valence-corrected chi connectivity index (χ0v) is 12.6. The molecule has 1 aromatic carbocycles. The van der Waals surface area contributed by atoms with Crippen LogP contribution in [0, 0.1) is 3.57 Å². The van der Waals surface area contributed by atoms with Crippen molar-refractivity contribution in [2.24, 2.45) is 0 Å². The first-order valence-corrected chi connectivity index (χ1v) is 6.74. The normalized spacial score (nSPS) is 12.3. The van der Waals surface area contributed by atoms with E-state index in [0.29, 0.717) is 6.20 Å². The van der Waals surface area contributed by atoms with E-state index in [1.54, 1.807) is 22.6 Å². The van der Waals surface area contributed by atoms with Crippen molar-refractivity contribution >= 4 is 22.6 Å². The standard InChI is InChI=1S/C13H6F6INO/c14-12(15,16)7-5-9(20)11(21-6-7)8-3-1-2-4-10(8)22-13(17,18)19/h1-6H. The highest BCUT2D eigenvalue weighted by atomic mass is 127. The Bertz CT molecular complexity index is 683. The van der Waals surface area contributed by atoms with E-state index < -0.39 is 23.9 Å². The number of aromatic nitrogens is 1. The van der Waals surface area contributed by atoms with Crippen LogP contribution in [0.2, 0.25) is 0 Å². The Balaban J connectivity index is 2.49. The Hall–Kier alpha value is -1.52. The van der Waals surface area contributed by atoms with E-state index in [1.165, 1.54) is 18.2 Å². The summed E-state index contributed by atoms with van der Waals surface area (Å²) in [5, 5.41) is 0. The molecule has 0 unspecified atom stereocenters. The fourth-order valence-electron chi connectivity index (χ4n) is 1.67. The maximum absolute atomic E-state index is 12.6. The Morgan fingerprint density at radius 2 is 1.64 bits per heavy atom. The molecule has 0 aliphatic carbocycles. The molecule has 2 nitrogen and oxygen atoms in total. The molecule has 0 fully saturated rings. The van der Waals surface area contributed by atoms with Gasteiger partial charge in [-0.2, -0.15) is 13.2 Å². The molecule has 0 spiro atoms. The second-order valence-electron chi connectivity index (χ2n) is 4.10. The monoisotopic (exact) mass is 433 g/mol. The quantitative estimate of drug-likeness (QED) is 0.476. The molecule has 0 radical (unpaired) electrons. The minimum absolute atomic E-state index is 0.0200. The highest BCUT2D eigenvalue weighted by molar-refractivity contribution is 14.1. The molecular weight excluding hydrogens is 427 g/mol. The Labute approximate surface area is 134 Å². The third kappa shape index (κ3) is 4.02. The molecule has 0 aliphatic heterocycles. The zero-order valence-electron chi connectivity index (χ0n) is 10.5. The number of benzene rings is 1. The topological polar surface area (TPSA) is 22.1 Å². The molecule has 2 rings (SSSR count). The first-order valence-electron chi connectivity index (χ1n) is 5.66. The van der Waals surface area contributed by atoms with Crippen LogP contribution >= 0.6 is 22.6 Å². The molecule has 0 aliphatic rings. The molecular formula is C13H6F6INO. The SMILES string of the molecule is FC(F)(F)Oc1ccccc1-c1ncc(C(F)(F)F)cc1I. The fourth-order valence-corrected chi connectivity index (χ4v) is 2.43. The van der Waals surface area contributed by atoms with Crippen molar-refractivity contribution in [1.29, 1.82) is 0 Å². The summed E-state index contributed by atoms with van der Waals surface area (Å²) in [4.78, 5) is 3.63. The van der Waals surface area contributed by atoms with E-state index in [2.05, 4.69) is 9.72 Å². The highest BCUT2D eigenvalue weighted by Crippen LogP contribution is 2.37. The van der Waals surface area contributed by atoms with E-state index >= 15 is 0 Å². The van der Waals surface area contributed by atoms with Crippen LogP contribution in [0.3, 0.4) is 0 Å². The first kappa shape index (κ1) is 16.8. The number of hydrogen-bond acceptors (Lipinski definition) is 2. The summed E-state index contributed by atoms with van der Waals surface area (Å²) < 4.78 is 78.8. The molecule has 0 saturated carbocycles. The molecule has 0 bridgehead atoms. The van der Waals surface area contributed by atoms with Crippen LogP contribution in [0.15, 0.2) is 36.5 Å². The molecule has 0 atom stereocenters. The molecule has 1 heterocycles. The predicted octanol–water partition coefficient (Wildman–Crippen LogP) is 5.27. The zero-order chi connectivity index (χ0) is 16.5. The lowest BCUT2D eigenvalue weighted by Gasteiger charge is -2.14. The second-order valence-corrected chi connectivity index (χ2v) is 5.26. The number of alkyl halides is 6. The van der Waals surface area contributed by atoms with E-state index in [4.69, 9.17) is 0 Å². The average Bonchev–Trinajstić information content (AvgIpc) is 2.37. The Kier molecular flexibility index (Phi) is 4.54. The number of rotatable bonds is 2. The lowest BCUT2D eigenvalue weighted by molar-refractivity contribution is -0.274. The minimum atomic E-state index is -4.91. The maximum Gasteiger partial charge on any atom is 0.573 e. The summed E-state index contributed by atoms with van der Waals surface area (Å²) in [6.45, 7) is 0. The van der Waals surface area contributed by atoms with Crippen molar-refractivity contribution in [3.63, 3.8) is 0 Å². The van der Waals surface area contributed by atoms with Crippen LogP contribution in [-0.2, 0) is 6.18 Å². The molecule has 22 heavy (non-hydrogen) atoms. The molecule has 1 aromatic heterocycles. The van der Waals surface area contributed by atoms with Crippen LogP contribution in [-0.4, -0.2) is 11.3 Å². The number of pyridine rings is 1. The van der Waals surface area contributed by atoms with Gasteiger partial charge in [-0.25, -0.2) is 0 Å². The van der Waals surface area contributed by atoms with Gasteiger partial charge in [-0.15, -0.1) is 13.2 Å². The largest absolute Gasteiger partial charge is 0.573 e. The molecule has 2 aromatic rings. The van der Waals surface area contributed by atoms with Crippen molar-refractivity contribution in [2.45, 2.75) is 12.5 Å². The Morgan fingerprint density at radius 3 is 2.18 bits per heavy atom. The molecule has 0 N–H and O–H groups in total. The summed E-state index contributed by atoms with van der Waals surface area (Å²) >= 11 is 1.58. The van der Waals surface area contributed by atoms with Crippen LogP contribution < -0.4 is 4.74 Å². The third-order valence-electron chi connectivity index (χ3n) is 2.54. The molecule has 9 heteroatoms. The van der Waals surface area contributed by atoms with Crippen LogP contribution in [0.25, 0.3) is 11.3 Å². The summed E-state index contributed by atoms with van der Waals surface area (Å²) in [6, 6.07) is 5.93. The van der Waals surface area contributed by atoms with Gasteiger partial charge in [0, 0.05) is 15.3 Å². The lowest BCUT2D eigenvalue weighted by Crippen LogP contribution is -2.17. The number of hydrogen-bond donors (Lipinski definition) is 0. The lowest BCUT2D eigenvalue weighted by atomic mass is 10.1. The molecule has 118 valence electrons. The summed E-state index contributed by atoms with van der Waals surface area (Å²) in [5.74, 6) is -0.528. The van der Waals surface area contributed by atoms with Gasteiger partial charge >= 0.3 is 12.5 Å². The average molecular weight is 433 g/mol. The van der Waals surface area contributed by atoms with Crippen molar-refractivity contribution in [2.75, 3.05) is 0 Å². The molecule has 0 saturated heterocycles. The van der Waals surface area contributed by atoms with Gasteiger partial charge < -0.3 is 4.74 Å². The predicted molar refractivity (Wildman–Crippen MR) is 74.1 cm³/mol. The maximum atomic E-state index is 12.6. The van der Waals surface area contributed by atoms with Crippen LogP contribution in [0.1, 0.15) is 5.56 Å². The minimum Gasteiger partial charge on any atom is -0.405 e. The fraction of sp³-hybridized carbons (Fsp3) is 0.154. The number of halogens is 7. The molecule has 0 amide bonds. The number of nitrogens with zero attached hydrogens (tertiary/aromatic N) is 1. The van der Waals surface area contributed by atoms with Gasteiger partial charge in [-0.3, -0.25) is 4.98 Å². The number of ether oxygens (including phenoxy) is 1. The van der Waals surface area contributed by atoms with Gasteiger partial charge in [0.1, 0.15) is 5.75 Å². The van der Waals surface area contributed by atoms with E-state index in [1.807, 2.05) is 0 Å². The van der Waals surface area contributed by atoms with E-state index in [9.17, 15) is 26.3 Å². The first-order chi connectivity index (χ1) is 10.1. The van der Waals surface area contributed by atoms with Crippen molar-refractivity contribution in [3.05, 3.63) is 45.7 Å². The summed E-state index contributed by atoms with van der Waals surface area (Å²) in [5.41, 5.74) is -1.04. The van der Waals surface area contributed by atoms with Gasteiger partial charge in [0.15, 0.2) is 0 Å².